The average molecular weight is 666 g/mol. The van der Waals surface area contributed by atoms with Crippen molar-refractivity contribution in [3.8, 4) is 39.8 Å². The summed E-state index contributed by atoms with van der Waals surface area (Å²) in [6.45, 7) is 0. The number of para-hydroxylation sites is 5. The third-order valence-corrected chi connectivity index (χ3v) is 7.30. The Hall–Kier alpha value is -5.44. The second kappa shape index (κ2) is 15.0. The van der Waals surface area contributed by atoms with Crippen molar-refractivity contribution in [3.05, 3.63) is 162 Å². The lowest BCUT2D eigenvalue weighted by Crippen LogP contribution is -1.98. The number of oxazole rings is 2. The van der Waals surface area contributed by atoms with E-state index in [1.165, 1.54) is 5.56 Å². The second-order valence-electron chi connectivity index (χ2n) is 9.97. The van der Waals surface area contributed by atoms with Crippen molar-refractivity contribution in [3.63, 3.8) is 0 Å². The summed E-state index contributed by atoms with van der Waals surface area (Å²) in [5.74, 6) is 1.96. The van der Waals surface area contributed by atoms with E-state index in [9.17, 15) is 0 Å². The molecule has 8 rings (SSSR count). The van der Waals surface area contributed by atoms with Crippen molar-refractivity contribution in [2.24, 2.45) is 0 Å². The minimum atomic E-state index is 0.639. The van der Waals surface area contributed by atoms with Gasteiger partial charge < -0.3 is 18.5 Å². The lowest BCUT2D eigenvalue weighted by molar-refractivity contribution is 0.454. The quantitative estimate of drug-likeness (QED) is 0.184. The van der Waals surface area contributed by atoms with Crippen LogP contribution in [0.25, 0.3) is 56.2 Å². The summed E-state index contributed by atoms with van der Waals surface area (Å²) < 4.78 is 17.2. The number of fused-ring (bicyclic) bond motifs is 2. The molecule has 0 aliphatic carbocycles. The summed E-state index contributed by atoms with van der Waals surface area (Å²) in [4.78, 5) is 8.99. The van der Waals surface area contributed by atoms with E-state index >= 15 is 0 Å². The van der Waals surface area contributed by atoms with Gasteiger partial charge >= 0.3 is 7.69 Å². The van der Waals surface area contributed by atoms with E-state index in [2.05, 4.69) is 54.8 Å². The van der Waals surface area contributed by atoms with Crippen molar-refractivity contribution in [2.75, 3.05) is 0 Å². The Labute approximate surface area is 275 Å². The molecular weight excluding hydrogens is 639 g/mol. The van der Waals surface area contributed by atoms with E-state index in [-0.39, 0.29) is 0 Å². The molecule has 223 valence electrons. The van der Waals surface area contributed by atoms with Gasteiger partial charge in [-0.1, -0.05) is 107 Å². The average Bonchev–Trinajstić information content (AvgIpc) is 3.75. The smallest absolute Gasteiger partial charge is 0.537 e. The van der Waals surface area contributed by atoms with Gasteiger partial charge in [0.15, 0.2) is 11.2 Å². The van der Waals surface area contributed by atoms with Crippen molar-refractivity contribution in [1.82, 2.24) is 9.97 Å². The molecule has 0 bridgehead atoms. The third-order valence-electron chi connectivity index (χ3n) is 6.81. The highest BCUT2D eigenvalue weighted by atomic mass is 79.9. The first-order valence-electron chi connectivity index (χ1n) is 14.5. The van der Waals surface area contributed by atoms with Gasteiger partial charge in [-0.3, -0.25) is 0 Å². The first-order chi connectivity index (χ1) is 22.7. The zero-order chi connectivity index (χ0) is 31.6. The number of rotatable bonds is 5. The molecule has 0 amide bonds. The molecule has 46 heavy (non-hydrogen) atoms. The predicted molar refractivity (Wildman–Crippen MR) is 187 cm³/mol. The number of halogens is 1. The fourth-order valence-electron chi connectivity index (χ4n) is 4.64. The lowest BCUT2D eigenvalue weighted by Gasteiger charge is -2.02. The second-order valence-corrected chi connectivity index (χ2v) is 10.9. The molecule has 0 fully saturated rings. The Bertz CT molecular complexity index is 2080. The maximum absolute atomic E-state index is 8.17. The summed E-state index contributed by atoms with van der Waals surface area (Å²) in [6.07, 6.45) is 0. The topological polar surface area (TPSA) is 81.5 Å². The van der Waals surface area contributed by atoms with Crippen molar-refractivity contribution >= 4 is 45.8 Å². The number of nitrogens with zero attached hydrogens (tertiary/aromatic N) is 2. The maximum Gasteiger partial charge on any atom is 0.569 e. The van der Waals surface area contributed by atoms with Crippen LogP contribution in [0.2, 0.25) is 0 Å². The lowest BCUT2D eigenvalue weighted by atomic mass is 10.0. The molecule has 0 spiro atoms. The van der Waals surface area contributed by atoms with Gasteiger partial charge in [0.05, 0.1) is 5.75 Å². The maximum atomic E-state index is 8.17. The van der Waals surface area contributed by atoms with Crippen LogP contribution in [0, 0.1) is 0 Å². The SMILES string of the molecule is Brc1cccc(-c2nc3ccccc3o2)c1.O[B]Oc1ccccc1.c1ccc(-c2cccc(-c3nc4ccccc4o3)c2)cc1. The van der Waals surface area contributed by atoms with Crippen LogP contribution in [-0.4, -0.2) is 22.7 Å². The zero-order valence-electron chi connectivity index (χ0n) is 24.5. The predicted octanol–water partition coefficient (Wildman–Crippen LogP) is 10.0. The van der Waals surface area contributed by atoms with Crippen LogP contribution in [0.4, 0.5) is 0 Å². The van der Waals surface area contributed by atoms with Crippen LogP contribution in [0.1, 0.15) is 0 Å². The molecule has 0 saturated carbocycles. The van der Waals surface area contributed by atoms with Gasteiger partial charge in [-0.05, 0) is 77.9 Å². The summed E-state index contributed by atoms with van der Waals surface area (Å²) >= 11 is 3.43. The molecule has 1 radical (unpaired) electrons. The summed E-state index contributed by atoms with van der Waals surface area (Å²) in [5, 5.41) is 8.17. The highest BCUT2D eigenvalue weighted by Gasteiger charge is 2.09. The molecule has 0 aliphatic rings. The third kappa shape index (κ3) is 7.79. The van der Waals surface area contributed by atoms with E-state index < -0.39 is 0 Å². The van der Waals surface area contributed by atoms with Crippen molar-refractivity contribution in [2.45, 2.75) is 0 Å². The van der Waals surface area contributed by atoms with Crippen LogP contribution in [0.5, 0.6) is 5.75 Å². The highest BCUT2D eigenvalue weighted by Crippen LogP contribution is 2.28. The minimum Gasteiger partial charge on any atom is -0.537 e. The van der Waals surface area contributed by atoms with Crippen LogP contribution in [0.3, 0.4) is 0 Å². The molecule has 2 aromatic heterocycles. The molecule has 6 aromatic carbocycles. The van der Waals surface area contributed by atoms with Crippen LogP contribution < -0.4 is 4.65 Å². The summed E-state index contributed by atoms with van der Waals surface area (Å²) in [5.41, 5.74) is 7.73. The number of aromatic nitrogens is 2. The fraction of sp³-hybridized carbons (Fsp3) is 0. The highest BCUT2D eigenvalue weighted by molar-refractivity contribution is 9.10. The van der Waals surface area contributed by atoms with Crippen LogP contribution >= 0.6 is 15.9 Å². The van der Waals surface area contributed by atoms with Gasteiger partial charge in [-0.15, -0.1) is 0 Å². The Kier molecular flexibility index (Phi) is 10.00. The molecule has 0 unspecified atom stereocenters. The number of hydrogen-bond donors (Lipinski definition) is 1. The molecule has 0 atom stereocenters. The minimum absolute atomic E-state index is 0.639. The van der Waals surface area contributed by atoms with Crippen molar-refractivity contribution < 1.29 is 18.5 Å². The van der Waals surface area contributed by atoms with Gasteiger partial charge in [0, 0.05) is 15.6 Å². The molecule has 8 heteroatoms. The molecule has 6 nitrogen and oxygen atoms in total. The van der Waals surface area contributed by atoms with Gasteiger partial charge in [0.2, 0.25) is 11.8 Å². The normalized spacial score (nSPS) is 10.4. The monoisotopic (exact) mass is 665 g/mol. The standard InChI is InChI=1S/C19H13NO.C13H8BrNO.C6H6BO2/c1-2-7-14(8-3-1)15-9-6-10-16(13-15)19-20-17-11-4-5-12-18(17)21-19;14-10-5-3-4-9(8-10)13-15-11-6-1-2-7-12(11)16-13;8-7-9-6-4-2-1-3-5-6/h1-13H;1-8H;1-5,8H. The van der Waals surface area contributed by atoms with E-state index in [1.807, 2.05) is 121 Å². The Morgan fingerprint density at radius 2 is 0.978 bits per heavy atom. The van der Waals surface area contributed by atoms with E-state index in [4.69, 9.17) is 13.9 Å². The van der Waals surface area contributed by atoms with E-state index in [1.54, 1.807) is 12.1 Å². The number of benzene rings is 6. The summed E-state index contributed by atoms with van der Waals surface area (Å²) in [7, 11) is 0.662. The van der Waals surface area contributed by atoms with Crippen LogP contribution in [-0.2, 0) is 0 Å². The fourth-order valence-corrected chi connectivity index (χ4v) is 5.03. The molecule has 8 aromatic rings. The van der Waals surface area contributed by atoms with Gasteiger partial charge in [-0.2, -0.15) is 0 Å². The molecule has 1 N–H and O–H groups in total. The Morgan fingerprint density at radius 3 is 1.54 bits per heavy atom. The molecular formula is C38H27BBrN2O4. The zero-order valence-corrected chi connectivity index (χ0v) is 26.1. The molecule has 0 saturated heterocycles. The summed E-state index contributed by atoms with van der Waals surface area (Å²) in [6, 6.07) is 51.1. The first-order valence-corrected chi connectivity index (χ1v) is 15.3. The van der Waals surface area contributed by atoms with E-state index in [0.717, 1.165) is 43.4 Å². The Balaban J connectivity index is 0.000000131. The van der Waals surface area contributed by atoms with Crippen molar-refractivity contribution in [1.29, 1.82) is 0 Å². The van der Waals surface area contributed by atoms with Crippen LogP contribution in [0.15, 0.2) is 171 Å². The first kappa shape index (κ1) is 30.6. The molecule has 0 aliphatic heterocycles. The van der Waals surface area contributed by atoms with Gasteiger partial charge in [0.25, 0.3) is 0 Å². The Morgan fingerprint density at radius 1 is 0.500 bits per heavy atom. The molecule has 2 heterocycles. The van der Waals surface area contributed by atoms with Gasteiger partial charge in [0.1, 0.15) is 11.0 Å². The van der Waals surface area contributed by atoms with Gasteiger partial charge in [-0.25, -0.2) is 9.97 Å². The van der Waals surface area contributed by atoms with E-state index in [0.29, 0.717) is 25.2 Å². The number of hydrogen-bond acceptors (Lipinski definition) is 6. The largest absolute Gasteiger partial charge is 0.569 e.